The lowest BCUT2D eigenvalue weighted by Gasteiger charge is -2.27. The maximum atomic E-state index is 12.3. The maximum absolute atomic E-state index is 12.3. The van der Waals surface area contributed by atoms with E-state index in [0.29, 0.717) is 11.6 Å². The van der Waals surface area contributed by atoms with E-state index in [-0.39, 0.29) is 5.91 Å². The van der Waals surface area contributed by atoms with Gasteiger partial charge in [-0.3, -0.25) is 9.48 Å². The number of nitrogens with one attached hydrogen (secondary N) is 1. The zero-order valence-corrected chi connectivity index (χ0v) is 13.5. The second kappa shape index (κ2) is 6.50. The van der Waals surface area contributed by atoms with Gasteiger partial charge in [0, 0.05) is 6.20 Å². The lowest BCUT2D eigenvalue weighted by Crippen LogP contribution is -2.49. The number of aromatic nitrogens is 2. The van der Waals surface area contributed by atoms with Gasteiger partial charge in [0.1, 0.15) is 6.04 Å². The number of carboxylic acids is 1. The quantitative estimate of drug-likeness (QED) is 0.895. The molecular weight excluding hydrogens is 282 g/mol. The van der Waals surface area contributed by atoms with E-state index in [9.17, 15) is 14.7 Å². The zero-order chi connectivity index (χ0) is 16.3. The fourth-order valence-corrected chi connectivity index (χ4v) is 2.86. The average Bonchev–Trinajstić information content (AvgIpc) is 2.93. The minimum absolute atomic E-state index is 0.355. The van der Waals surface area contributed by atoms with Gasteiger partial charge in [-0.15, -0.1) is 0 Å². The first-order chi connectivity index (χ1) is 10.3. The molecule has 0 spiro atoms. The molecule has 1 amide bonds. The Morgan fingerprint density at radius 1 is 1.32 bits per heavy atom. The van der Waals surface area contributed by atoms with Crippen LogP contribution in [0.15, 0.2) is 12.4 Å². The lowest BCUT2D eigenvalue weighted by atomic mass is 9.86. The van der Waals surface area contributed by atoms with Crippen LogP contribution in [0.2, 0.25) is 0 Å². The molecule has 122 valence electrons. The van der Waals surface area contributed by atoms with Gasteiger partial charge in [0.25, 0.3) is 5.91 Å². The summed E-state index contributed by atoms with van der Waals surface area (Å²) in [6, 6.07) is -0.578. The van der Waals surface area contributed by atoms with Crippen molar-refractivity contribution in [1.82, 2.24) is 15.1 Å². The minimum atomic E-state index is -1.03. The van der Waals surface area contributed by atoms with Gasteiger partial charge < -0.3 is 10.4 Å². The van der Waals surface area contributed by atoms with Crippen molar-refractivity contribution in [3.05, 3.63) is 18.0 Å². The Balaban J connectivity index is 2.06. The summed E-state index contributed by atoms with van der Waals surface area (Å²) < 4.78 is 1.85. The summed E-state index contributed by atoms with van der Waals surface area (Å²) >= 11 is 0. The molecule has 1 aromatic rings. The molecule has 2 rings (SSSR count). The van der Waals surface area contributed by atoms with Crippen LogP contribution in [-0.4, -0.2) is 32.8 Å². The van der Waals surface area contributed by atoms with E-state index in [1.165, 1.54) is 25.5 Å². The fourth-order valence-electron chi connectivity index (χ4n) is 2.86. The largest absolute Gasteiger partial charge is 0.480 e. The Morgan fingerprint density at radius 3 is 2.50 bits per heavy atom. The Bertz CT molecular complexity index is 539. The zero-order valence-electron chi connectivity index (χ0n) is 13.5. The highest BCUT2D eigenvalue weighted by molar-refractivity contribution is 5.96. The number of amides is 1. The summed E-state index contributed by atoms with van der Waals surface area (Å²) in [5, 5.41) is 16.2. The van der Waals surface area contributed by atoms with Crippen molar-refractivity contribution in [2.45, 2.75) is 65.0 Å². The summed E-state index contributed by atoms with van der Waals surface area (Å²) in [6.07, 6.45) is 9.06. The SMILES string of the molecule is CC(C)(C)C(NC(=O)c1cnn(C2CCCCC2)c1)C(=O)O. The molecule has 2 N–H and O–H groups in total. The molecule has 22 heavy (non-hydrogen) atoms. The number of hydrogen-bond acceptors (Lipinski definition) is 3. The third kappa shape index (κ3) is 3.87. The summed E-state index contributed by atoms with van der Waals surface area (Å²) in [7, 11) is 0. The maximum Gasteiger partial charge on any atom is 0.326 e. The van der Waals surface area contributed by atoms with Crippen molar-refractivity contribution in [2.24, 2.45) is 5.41 Å². The third-order valence-corrected chi connectivity index (χ3v) is 4.20. The van der Waals surface area contributed by atoms with Gasteiger partial charge >= 0.3 is 5.97 Å². The number of carboxylic acid groups (broad SMARTS) is 1. The summed E-state index contributed by atoms with van der Waals surface area (Å²) in [5.41, 5.74) is -0.137. The van der Waals surface area contributed by atoms with Gasteiger partial charge in [-0.05, 0) is 18.3 Å². The van der Waals surface area contributed by atoms with Crippen LogP contribution < -0.4 is 5.32 Å². The molecule has 1 aliphatic carbocycles. The normalized spacial score (nSPS) is 18.0. The molecule has 1 atom stereocenters. The number of carbonyl (C=O) groups excluding carboxylic acids is 1. The van der Waals surface area contributed by atoms with Crippen LogP contribution in [0.3, 0.4) is 0 Å². The molecule has 6 heteroatoms. The van der Waals surface area contributed by atoms with Crippen LogP contribution >= 0.6 is 0 Å². The first-order valence-electron chi connectivity index (χ1n) is 7.87. The molecule has 6 nitrogen and oxygen atoms in total. The molecule has 0 aliphatic heterocycles. The number of nitrogens with zero attached hydrogens (tertiary/aromatic N) is 2. The third-order valence-electron chi connectivity index (χ3n) is 4.20. The summed E-state index contributed by atoms with van der Waals surface area (Å²) in [6.45, 7) is 5.37. The van der Waals surface area contributed by atoms with E-state index in [4.69, 9.17) is 0 Å². The monoisotopic (exact) mass is 307 g/mol. The van der Waals surface area contributed by atoms with Gasteiger partial charge in [-0.25, -0.2) is 4.79 Å². The van der Waals surface area contributed by atoms with Gasteiger partial charge in [0.15, 0.2) is 0 Å². The Labute approximate surface area is 130 Å². The molecule has 1 aromatic heterocycles. The highest BCUT2D eigenvalue weighted by Gasteiger charge is 2.33. The van der Waals surface area contributed by atoms with Crippen molar-refractivity contribution < 1.29 is 14.7 Å². The molecule has 1 saturated carbocycles. The number of hydrogen-bond donors (Lipinski definition) is 2. The van der Waals surface area contributed by atoms with Crippen LogP contribution in [0.25, 0.3) is 0 Å². The van der Waals surface area contributed by atoms with Crippen LogP contribution in [0.5, 0.6) is 0 Å². The van der Waals surface area contributed by atoms with Crippen LogP contribution in [0, 0.1) is 5.41 Å². The minimum Gasteiger partial charge on any atom is -0.480 e. The first kappa shape index (κ1) is 16.5. The molecular formula is C16H25N3O3. The Kier molecular flexibility index (Phi) is 4.88. The van der Waals surface area contributed by atoms with Crippen molar-refractivity contribution in [3.63, 3.8) is 0 Å². The molecule has 1 unspecified atom stereocenters. The Morgan fingerprint density at radius 2 is 1.95 bits per heavy atom. The highest BCUT2D eigenvalue weighted by atomic mass is 16.4. The van der Waals surface area contributed by atoms with E-state index in [2.05, 4.69) is 10.4 Å². The van der Waals surface area contributed by atoms with Gasteiger partial charge in [-0.2, -0.15) is 5.10 Å². The van der Waals surface area contributed by atoms with Crippen LogP contribution in [0.4, 0.5) is 0 Å². The smallest absolute Gasteiger partial charge is 0.326 e. The summed E-state index contributed by atoms with van der Waals surface area (Å²) in [5.74, 6) is -1.41. The van der Waals surface area contributed by atoms with Crippen LogP contribution in [0.1, 0.15) is 69.3 Å². The fraction of sp³-hybridized carbons (Fsp3) is 0.688. The second-order valence-corrected chi connectivity index (χ2v) is 7.11. The molecule has 1 fully saturated rings. The highest BCUT2D eigenvalue weighted by Crippen LogP contribution is 2.27. The molecule has 0 radical (unpaired) electrons. The molecule has 0 bridgehead atoms. The number of rotatable bonds is 4. The van der Waals surface area contributed by atoms with Gasteiger partial charge in [-0.1, -0.05) is 40.0 Å². The molecule has 0 aromatic carbocycles. The topological polar surface area (TPSA) is 84.2 Å². The molecule has 0 saturated heterocycles. The summed E-state index contributed by atoms with van der Waals surface area (Å²) in [4.78, 5) is 23.6. The standard InChI is InChI=1S/C16H25N3O3/c1-16(2,3)13(15(21)22)18-14(20)11-9-17-19(10-11)12-7-5-4-6-8-12/h9-10,12-13H,4-8H2,1-3H3,(H,18,20)(H,21,22). The van der Waals surface area contributed by atoms with E-state index in [1.54, 1.807) is 27.0 Å². The van der Waals surface area contributed by atoms with Crippen LogP contribution in [-0.2, 0) is 4.79 Å². The average molecular weight is 307 g/mol. The number of aliphatic carboxylic acids is 1. The number of carbonyl (C=O) groups is 2. The predicted molar refractivity (Wildman–Crippen MR) is 82.7 cm³/mol. The molecule has 1 heterocycles. The predicted octanol–water partition coefficient (Wildman–Crippen LogP) is 2.62. The Hall–Kier alpha value is -1.85. The van der Waals surface area contributed by atoms with Crippen molar-refractivity contribution in [3.8, 4) is 0 Å². The second-order valence-electron chi connectivity index (χ2n) is 7.11. The van der Waals surface area contributed by atoms with Crippen molar-refractivity contribution in [1.29, 1.82) is 0 Å². The van der Waals surface area contributed by atoms with Crippen molar-refractivity contribution in [2.75, 3.05) is 0 Å². The van der Waals surface area contributed by atoms with Gasteiger partial charge in [0.05, 0.1) is 17.8 Å². The van der Waals surface area contributed by atoms with E-state index < -0.39 is 17.4 Å². The van der Waals surface area contributed by atoms with Crippen molar-refractivity contribution >= 4 is 11.9 Å². The lowest BCUT2D eigenvalue weighted by molar-refractivity contribution is -0.142. The first-order valence-corrected chi connectivity index (χ1v) is 7.87. The van der Waals surface area contributed by atoms with Gasteiger partial charge in [0.2, 0.25) is 0 Å². The molecule has 1 aliphatic rings. The van der Waals surface area contributed by atoms with E-state index in [1.807, 2.05) is 4.68 Å². The van der Waals surface area contributed by atoms with E-state index >= 15 is 0 Å². The van der Waals surface area contributed by atoms with E-state index in [0.717, 1.165) is 12.8 Å².